The summed E-state index contributed by atoms with van der Waals surface area (Å²) < 4.78 is 3.23. The predicted molar refractivity (Wildman–Crippen MR) is 85.1 cm³/mol. The topological polar surface area (TPSA) is 73.0 Å². The molecule has 1 unspecified atom stereocenters. The molecular formula is C16H21N5O2. The van der Waals surface area contributed by atoms with Gasteiger partial charge in [-0.1, -0.05) is 0 Å². The SMILES string of the molecule is Cc1nc2c(c(=O)n1C)CCN(C(=O)C(C)n1cccn1)CC2. The summed E-state index contributed by atoms with van der Waals surface area (Å²) in [6.45, 7) is 4.79. The zero-order chi connectivity index (χ0) is 16.6. The van der Waals surface area contributed by atoms with Crippen molar-refractivity contribution in [3.8, 4) is 0 Å². The van der Waals surface area contributed by atoms with Gasteiger partial charge in [0, 0.05) is 44.5 Å². The minimum absolute atomic E-state index is 0.00178. The van der Waals surface area contributed by atoms with Crippen LogP contribution < -0.4 is 5.56 Å². The number of fused-ring (bicyclic) bond motifs is 1. The number of rotatable bonds is 2. The molecule has 7 nitrogen and oxygen atoms in total. The summed E-state index contributed by atoms with van der Waals surface area (Å²) in [6.07, 6.45) is 4.62. The second-order valence-corrected chi connectivity index (χ2v) is 5.94. The van der Waals surface area contributed by atoms with E-state index in [9.17, 15) is 9.59 Å². The van der Waals surface area contributed by atoms with Gasteiger partial charge in [0.05, 0.1) is 5.69 Å². The van der Waals surface area contributed by atoms with Gasteiger partial charge in [0.2, 0.25) is 5.91 Å². The predicted octanol–water partition coefficient (Wildman–Crippen LogP) is 0.474. The van der Waals surface area contributed by atoms with E-state index in [-0.39, 0.29) is 17.5 Å². The molecule has 0 aromatic carbocycles. The fourth-order valence-electron chi connectivity index (χ4n) is 2.98. The van der Waals surface area contributed by atoms with E-state index in [1.54, 1.807) is 34.8 Å². The molecule has 0 aliphatic carbocycles. The van der Waals surface area contributed by atoms with E-state index in [4.69, 9.17) is 0 Å². The Morgan fingerprint density at radius 1 is 1.30 bits per heavy atom. The van der Waals surface area contributed by atoms with E-state index in [2.05, 4.69) is 10.1 Å². The number of carbonyl (C=O) groups excluding carboxylic acids is 1. The molecule has 122 valence electrons. The van der Waals surface area contributed by atoms with Crippen molar-refractivity contribution in [2.45, 2.75) is 32.7 Å². The summed E-state index contributed by atoms with van der Waals surface area (Å²) in [5.74, 6) is 0.730. The number of aromatic nitrogens is 4. The lowest BCUT2D eigenvalue weighted by molar-refractivity contribution is -0.134. The van der Waals surface area contributed by atoms with Gasteiger partial charge >= 0.3 is 0 Å². The Kier molecular flexibility index (Phi) is 4.02. The Balaban J connectivity index is 1.81. The van der Waals surface area contributed by atoms with Crippen molar-refractivity contribution in [3.63, 3.8) is 0 Å². The number of carbonyl (C=O) groups is 1. The van der Waals surface area contributed by atoms with Gasteiger partial charge in [0.25, 0.3) is 5.56 Å². The van der Waals surface area contributed by atoms with Crippen LogP contribution in [0.1, 0.15) is 30.0 Å². The molecule has 0 spiro atoms. The molecule has 0 N–H and O–H groups in total. The summed E-state index contributed by atoms with van der Waals surface area (Å²) in [5.41, 5.74) is 1.56. The molecule has 3 rings (SSSR count). The largest absolute Gasteiger partial charge is 0.340 e. The van der Waals surface area contributed by atoms with Gasteiger partial charge in [-0.25, -0.2) is 4.98 Å². The van der Waals surface area contributed by atoms with Crippen LogP contribution in [0.3, 0.4) is 0 Å². The lowest BCUT2D eigenvalue weighted by Crippen LogP contribution is -2.38. The zero-order valence-electron chi connectivity index (χ0n) is 13.7. The Bertz CT molecular complexity index is 779. The van der Waals surface area contributed by atoms with E-state index in [0.717, 1.165) is 11.3 Å². The van der Waals surface area contributed by atoms with E-state index in [1.807, 2.05) is 18.7 Å². The van der Waals surface area contributed by atoms with Crippen LogP contribution in [0.4, 0.5) is 0 Å². The van der Waals surface area contributed by atoms with Gasteiger partial charge in [-0.05, 0) is 26.3 Å². The summed E-state index contributed by atoms with van der Waals surface area (Å²) in [5, 5.41) is 4.14. The first-order chi connectivity index (χ1) is 11.0. The van der Waals surface area contributed by atoms with Crippen molar-refractivity contribution in [1.82, 2.24) is 24.2 Å². The molecule has 2 aromatic heterocycles. The highest BCUT2D eigenvalue weighted by molar-refractivity contribution is 5.80. The van der Waals surface area contributed by atoms with Crippen LogP contribution >= 0.6 is 0 Å². The molecule has 0 radical (unpaired) electrons. The quantitative estimate of drug-likeness (QED) is 0.808. The summed E-state index contributed by atoms with van der Waals surface area (Å²) in [6, 6.07) is 1.46. The van der Waals surface area contributed by atoms with Gasteiger partial charge in [0.1, 0.15) is 11.9 Å². The molecule has 2 aromatic rings. The van der Waals surface area contributed by atoms with Crippen LogP contribution in [0.15, 0.2) is 23.3 Å². The van der Waals surface area contributed by atoms with Crippen LogP contribution in [-0.2, 0) is 24.7 Å². The molecule has 0 saturated heterocycles. The Morgan fingerprint density at radius 2 is 2.04 bits per heavy atom. The molecule has 1 atom stereocenters. The number of hydrogen-bond donors (Lipinski definition) is 0. The number of aryl methyl sites for hydroxylation is 1. The van der Waals surface area contributed by atoms with Crippen molar-refractivity contribution in [2.24, 2.45) is 7.05 Å². The van der Waals surface area contributed by atoms with Gasteiger partial charge in [0.15, 0.2) is 0 Å². The maximum Gasteiger partial charge on any atom is 0.256 e. The fraction of sp³-hybridized carbons (Fsp3) is 0.500. The molecule has 7 heteroatoms. The average molecular weight is 315 g/mol. The molecule has 23 heavy (non-hydrogen) atoms. The lowest BCUT2D eigenvalue weighted by Gasteiger charge is -2.24. The van der Waals surface area contributed by atoms with Gasteiger partial charge < -0.3 is 4.90 Å². The molecule has 1 aliphatic rings. The van der Waals surface area contributed by atoms with Crippen molar-refractivity contribution < 1.29 is 4.79 Å². The van der Waals surface area contributed by atoms with E-state index in [1.165, 1.54) is 0 Å². The normalized spacial score (nSPS) is 15.9. The highest BCUT2D eigenvalue weighted by atomic mass is 16.2. The Labute approximate surface area is 134 Å². The summed E-state index contributed by atoms with van der Waals surface area (Å²) in [7, 11) is 1.73. The first-order valence-corrected chi connectivity index (χ1v) is 7.82. The number of amides is 1. The maximum absolute atomic E-state index is 12.7. The second-order valence-electron chi connectivity index (χ2n) is 5.94. The maximum atomic E-state index is 12.7. The van der Waals surface area contributed by atoms with Crippen LogP contribution in [0.2, 0.25) is 0 Å². The second kappa shape index (κ2) is 5.98. The van der Waals surface area contributed by atoms with Crippen molar-refractivity contribution in [2.75, 3.05) is 13.1 Å². The van der Waals surface area contributed by atoms with Crippen LogP contribution in [0.25, 0.3) is 0 Å². The zero-order valence-corrected chi connectivity index (χ0v) is 13.7. The van der Waals surface area contributed by atoms with Gasteiger partial charge in [-0.3, -0.25) is 18.8 Å². The molecule has 0 bridgehead atoms. The van der Waals surface area contributed by atoms with Gasteiger partial charge in [-0.15, -0.1) is 0 Å². The van der Waals surface area contributed by atoms with Crippen LogP contribution in [0.5, 0.6) is 0 Å². The van der Waals surface area contributed by atoms with E-state index in [0.29, 0.717) is 31.8 Å². The van der Waals surface area contributed by atoms with Crippen LogP contribution in [0, 0.1) is 6.92 Å². The smallest absolute Gasteiger partial charge is 0.256 e. The minimum Gasteiger partial charge on any atom is -0.340 e. The third kappa shape index (κ3) is 2.78. The Hall–Kier alpha value is -2.44. The first kappa shape index (κ1) is 15.5. The third-order valence-electron chi connectivity index (χ3n) is 4.53. The molecule has 0 saturated carbocycles. The van der Waals surface area contributed by atoms with Crippen molar-refractivity contribution >= 4 is 5.91 Å². The lowest BCUT2D eigenvalue weighted by atomic mass is 10.1. The molecule has 3 heterocycles. The highest BCUT2D eigenvalue weighted by Crippen LogP contribution is 2.15. The molecule has 1 amide bonds. The first-order valence-electron chi connectivity index (χ1n) is 7.82. The van der Waals surface area contributed by atoms with Crippen LogP contribution in [-0.4, -0.2) is 43.2 Å². The van der Waals surface area contributed by atoms with E-state index < -0.39 is 0 Å². The van der Waals surface area contributed by atoms with Crippen molar-refractivity contribution in [3.05, 3.63) is 45.9 Å². The summed E-state index contributed by atoms with van der Waals surface area (Å²) >= 11 is 0. The minimum atomic E-state index is -0.344. The number of hydrogen-bond acceptors (Lipinski definition) is 4. The monoisotopic (exact) mass is 315 g/mol. The number of nitrogens with zero attached hydrogens (tertiary/aromatic N) is 5. The fourth-order valence-corrected chi connectivity index (χ4v) is 2.98. The summed E-state index contributed by atoms with van der Waals surface area (Å²) in [4.78, 5) is 31.4. The molecule has 0 fully saturated rings. The standard InChI is InChI=1S/C16H21N5O2/c1-11(21-8-4-7-17-21)15(22)20-9-5-13-14(6-10-20)18-12(2)19(3)16(13)23/h4,7-8,11H,5-6,9-10H2,1-3H3. The molecule has 1 aliphatic heterocycles. The Morgan fingerprint density at radius 3 is 2.74 bits per heavy atom. The third-order valence-corrected chi connectivity index (χ3v) is 4.53. The average Bonchev–Trinajstić information content (AvgIpc) is 2.99. The van der Waals surface area contributed by atoms with Gasteiger partial charge in [-0.2, -0.15) is 5.10 Å². The van der Waals surface area contributed by atoms with E-state index >= 15 is 0 Å². The molecular weight excluding hydrogens is 294 g/mol. The van der Waals surface area contributed by atoms with Crippen molar-refractivity contribution in [1.29, 1.82) is 0 Å². The highest BCUT2D eigenvalue weighted by Gasteiger charge is 2.26.